The van der Waals surface area contributed by atoms with Crippen LogP contribution in [0.15, 0.2) is 43.0 Å². The van der Waals surface area contributed by atoms with Crippen LogP contribution in [0.5, 0.6) is 0 Å². The van der Waals surface area contributed by atoms with Crippen LogP contribution in [0.2, 0.25) is 19.6 Å². The van der Waals surface area contributed by atoms with Gasteiger partial charge in [0, 0.05) is 0 Å². The summed E-state index contributed by atoms with van der Waals surface area (Å²) in [7, 11) is -1.65. The minimum atomic E-state index is -1.65. The Morgan fingerprint density at radius 2 is 1.70 bits per heavy atom. The van der Waals surface area contributed by atoms with Crippen molar-refractivity contribution in [3.05, 3.63) is 48.6 Å². The van der Waals surface area contributed by atoms with E-state index in [-0.39, 0.29) is 5.60 Å². The van der Waals surface area contributed by atoms with Gasteiger partial charge in [-0.25, -0.2) is 0 Å². The molecule has 0 N–H and O–H groups in total. The first-order valence-corrected chi connectivity index (χ1v) is 11.3. The highest BCUT2D eigenvalue weighted by molar-refractivity contribution is 6.69. The first-order valence-electron chi connectivity index (χ1n) is 7.87. The summed E-state index contributed by atoms with van der Waals surface area (Å²) in [6, 6.07) is 10.7. The van der Waals surface area contributed by atoms with Crippen molar-refractivity contribution in [2.75, 3.05) is 0 Å². The fourth-order valence-electron chi connectivity index (χ4n) is 3.44. The highest BCUT2D eigenvalue weighted by Gasteiger charge is 2.42. The summed E-state index contributed by atoms with van der Waals surface area (Å²) in [5.41, 5.74) is 0.996. The standard InChI is InChI=1S/C18H28OSi/c1-5-18(19-20(2,3)4,16-12-8-6-9-13-16)17-14-10-7-11-15-17/h5-6,8-9,12-13,17H,1,7,10-11,14-15H2,2-4H3/t18-/m0/s1. The van der Waals surface area contributed by atoms with E-state index in [1.165, 1.54) is 37.7 Å². The summed E-state index contributed by atoms with van der Waals surface area (Å²) < 4.78 is 6.72. The van der Waals surface area contributed by atoms with Crippen molar-refractivity contribution >= 4 is 8.32 Å². The summed E-state index contributed by atoms with van der Waals surface area (Å²) in [6.07, 6.45) is 8.60. The lowest BCUT2D eigenvalue weighted by atomic mass is 9.73. The van der Waals surface area contributed by atoms with Gasteiger partial charge in [-0.3, -0.25) is 0 Å². The van der Waals surface area contributed by atoms with Crippen LogP contribution < -0.4 is 0 Å². The number of hydrogen-bond acceptors (Lipinski definition) is 1. The Balaban J connectivity index is 2.42. The maximum absolute atomic E-state index is 6.72. The number of rotatable bonds is 5. The molecule has 0 spiro atoms. The summed E-state index contributed by atoms with van der Waals surface area (Å²) >= 11 is 0. The molecule has 20 heavy (non-hydrogen) atoms. The Hall–Kier alpha value is -0.863. The van der Waals surface area contributed by atoms with Gasteiger partial charge in [0.05, 0.1) is 0 Å². The Labute approximate surface area is 125 Å². The third kappa shape index (κ3) is 3.42. The lowest BCUT2D eigenvalue weighted by Gasteiger charge is -2.44. The fraction of sp³-hybridized carbons (Fsp3) is 0.556. The molecule has 0 unspecified atom stereocenters. The normalized spacial score (nSPS) is 20.4. The van der Waals surface area contributed by atoms with Gasteiger partial charge in [0.25, 0.3) is 0 Å². The first kappa shape index (κ1) is 15.5. The van der Waals surface area contributed by atoms with E-state index < -0.39 is 8.32 Å². The van der Waals surface area contributed by atoms with Crippen molar-refractivity contribution in [2.24, 2.45) is 5.92 Å². The second-order valence-electron chi connectivity index (χ2n) is 6.91. The predicted octanol–water partition coefficient (Wildman–Crippen LogP) is 5.50. The highest BCUT2D eigenvalue weighted by atomic mass is 28.4. The molecule has 1 fully saturated rings. The van der Waals surface area contributed by atoms with Gasteiger partial charge in [-0.1, -0.05) is 62.2 Å². The zero-order valence-electron chi connectivity index (χ0n) is 13.2. The third-order valence-electron chi connectivity index (χ3n) is 4.21. The van der Waals surface area contributed by atoms with Gasteiger partial charge < -0.3 is 4.43 Å². The average molecular weight is 289 g/mol. The fourth-order valence-corrected chi connectivity index (χ4v) is 4.82. The largest absolute Gasteiger partial charge is 0.404 e. The van der Waals surface area contributed by atoms with Crippen LogP contribution in [0.25, 0.3) is 0 Å². The third-order valence-corrected chi connectivity index (χ3v) is 5.17. The predicted molar refractivity (Wildman–Crippen MR) is 89.3 cm³/mol. The molecule has 0 amide bonds. The van der Waals surface area contributed by atoms with Crippen LogP contribution in [-0.2, 0) is 10.0 Å². The van der Waals surface area contributed by atoms with Crippen molar-refractivity contribution in [1.82, 2.24) is 0 Å². The SMILES string of the molecule is C=C[C@](O[Si](C)(C)C)(c1ccccc1)C1CCCCC1. The molecule has 0 aromatic heterocycles. The molecule has 0 saturated heterocycles. The van der Waals surface area contributed by atoms with Crippen LogP contribution >= 0.6 is 0 Å². The van der Waals surface area contributed by atoms with Gasteiger partial charge >= 0.3 is 0 Å². The molecule has 0 radical (unpaired) electrons. The van der Waals surface area contributed by atoms with E-state index in [2.05, 4.69) is 62.6 Å². The van der Waals surface area contributed by atoms with Crippen molar-refractivity contribution in [3.8, 4) is 0 Å². The number of hydrogen-bond donors (Lipinski definition) is 0. The Bertz CT molecular complexity index is 428. The van der Waals surface area contributed by atoms with Crippen LogP contribution in [0.4, 0.5) is 0 Å². The molecule has 1 aromatic rings. The molecule has 1 aliphatic rings. The minimum absolute atomic E-state index is 0.286. The lowest BCUT2D eigenvalue weighted by Crippen LogP contribution is -2.45. The van der Waals surface area contributed by atoms with E-state index in [9.17, 15) is 0 Å². The topological polar surface area (TPSA) is 9.23 Å². The van der Waals surface area contributed by atoms with Crippen LogP contribution in [0, 0.1) is 5.92 Å². The monoisotopic (exact) mass is 288 g/mol. The quantitative estimate of drug-likeness (QED) is 0.513. The zero-order chi connectivity index (χ0) is 14.6. The molecular weight excluding hydrogens is 260 g/mol. The first-order chi connectivity index (χ1) is 9.48. The van der Waals surface area contributed by atoms with Crippen LogP contribution in [-0.4, -0.2) is 8.32 Å². The minimum Gasteiger partial charge on any atom is -0.404 e. The Kier molecular flexibility index (Phi) is 4.87. The molecule has 0 aliphatic heterocycles. The molecule has 0 heterocycles. The number of benzene rings is 1. The summed E-state index contributed by atoms with van der Waals surface area (Å²) in [5, 5.41) is 0. The molecule has 1 aromatic carbocycles. The van der Waals surface area contributed by atoms with Gasteiger partial charge in [0.15, 0.2) is 8.32 Å². The van der Waals surface area contributed by atoms with Gasteiger partial charge in [-0.15, -0.1) is 0 Å². The molecule has 1 saturated carbocycles. The van der Waals surface area contributed by atoms with E-state index in [1.807, 2.05) is 0 Å². The van der Waals surface area contributed by atoms with Gasteiger partial charge in [-0.05, 0) is 44.0 Å². The van der Waals surface area contributed by atoms with Crippen LogP contribution in [0.3, 0.4) is 0 Å². The van der Waals surface area contributed by atoms with Crippen LogP contribution in [0.1, 0.15) is 37.7 Å². The molecule has 0 bridgehead atoms. The van der Waals surface area contributed by atoms with Gasteiger partial charge in [-0.2, -0.15) is 0 Å². The molecular formula is C18H28OSi. The molecule has 2 rings (SSSR count). The summed E-state index contributed by atoms with van der Waals surface area (Å²) in [4.78, 5) is 0. The molecule has 1 aliphatic carbocycles. The second-order valence-corrected chi connectivity index (χ2v) is 11.3. The summed E-state index contributed by atoms with van der Waals surface area (Å²) in [6.45, 7) is 11.0. The molecule has 2 heteroatoms. The lowest BCUT2D eigenvalue weighted by molar-refractivity contribution is 0.0247. The van der Waals surface area contributed by atoms with Crippen molar-refractivity contribution in [2.45, 2.75) is 57.3 Å². The van der Waals surface area contributed by atoms with E-state index in [0.717, 1.165) is 0 Å². The van der Waals surface area contributed by atoms with E-state index in [4.69, 9.17) is 4.43 Å². The molecule has 1 nitrogen and oxygen atoms in total. The van der Waals surface area contributed by atoms with E-state index >= 15 is 0 Å². The van der Waals surface area contributed by atoms with Crippen molar-refractivity contribution < 1.29 is 4.43 Å². The van der Waals surface area contributed by atoms with Crippen molar-refractivity contribution in [3.63, 3.8) is 0 Å². The van der Waals surface area contributed by atoms with E-state index in [0.29, 0.717) is 5.92 Å². The maximum Gasteiger partial charge on any atom is 0.185 e. The van der Waals surface area contributed by atoms with Crippen molar-refractivity contribution in [1.29, 1.82) is 0 Å². The zero-order valence-corrected chi connectivity index (χ0v) is 14.2. The molecule has 1 atom stereocenters. The second kappa shape index (κ2) is 6.27. The van der Waals surface area contributed by atoms with Gasteiger partial charge in [0.2, 0.25) is 0 Å². The molecule has 110 valence electrons. The van der Waals surface area contributed by atoms with E-state index in [1.54, 1.807) is 0 Å². The Morgan fingerprint density at radius 3 is 2.20 bits per heavy atom. The highest BCUT2D eigenvalue weighted by Crippen LogP contribution is 2.44. The maximum atomic E-state index is 6.72. The summed E-state index contributed by atoms with van der Waals surface area (Å²) in [5.74, 6) is 0.572. The average Bonchev–Trinajstić information content (AvgIpc) is 2.46. The smallest absolute Gasteiger partial charge is 0.185 e. The van der Waals surface area contributed by atoms with Gasteiger partial charge in [0.1, 0.15) is 5.60 Å². The Morgan fingerprint density at radius 1 is 1.10 bits per heavy atom.